The molecule has 0 saturated carbocycles. The summed E-state index contributed by atoms with van der Waals surface area (Å²) in [6.07, 6.45) is 0. The van der Waals surface area contributed by atoms with Gasteiger partial charge in [-0.15, -0.1) is 0 Å². The van der Waals surface area contributed by atoms with Gasteiger partial charge in [-0.1, -0.05) is 29.2 Å². The van der Waals surface area contributed by atoms with Crippen molar-refractivity contribution in [2.24, 2.45) is 0 Å². The second-order valence-electron chi connectivity index (χ2n) is 3.90. The summed E-state index contributed by atoms with van der Waals surface area (Å²) in [4.78, 5) is 3.94. The van der Waals surface area contributed by atoms with Gasteiger partial charge in [0.25, 0.3) is 10.0 Å². The molecule has 0 spiro atoms. The molecule has 1 heterocycles. The Bertz CT molecular complexity index is 796. The summed E-state index contributed by atoms with van der Waals surface area (Å²) in [5, 5.41) is 8.74. The first kappa shape index (κ1) is 15.8. The van der Waals surface area contributed by atoms with Crippen LogP contribution in [0.2, 0.25) is 0 Å². The van der Waals surface area contributed by atoms with Gasteiger partial charge in [-0.3, -0.25) is 4.72 Å². The predicted octanol–water partition coefficient (Wildman–Crippen LogP) is 3.01. The SMILES string of the molecule is Cc1nc(NS(=O)(=O)c2cccc(F)c2)sc1SCC#N. The minimum Gasteiger partial charge on any atom is -0.255 e. The van der Waals surface area contributed by atoms with Crippen molar-refractivity contribution in [1.82, 2.24) is 4.98 Å². The van der Waals surface area contributed by atoms with Gasteiger partial charge in [-0.05, 0) is 25.1 Å². The molecule has 0 aliphatic heterocycles. The average Bonchev–Trinajstić information content (AvgIpc) is 2.75. The van der Waals surface area contributed by atoms with Gasteiger partial charge in [0.15, 0.2) is 5.13 Å². The maximum Gasteiger partial charge on any atom is 0.263 e. The number of aromatic nitrogens is 1. The first-order valence-electron chi connectivity index (χ1n) is 5.68. The Labute approximate surface area is 129 Å². The monoisotopic (exact) mass is 343 g/mol. The minimum absolute atomic E-state index is 0.165. The number of aryl methyl sites for hydroxylation is 1. The molecule has 2 rings (SSSR count). The molecule has 0 saturated heterocycles. The van der Waals surface area contributed by atoms with E-state index in [4.69, 9.17) is 5.26 Å². The Morgan fingerprint density at radius 3 is 2.95 bits per heavy atom. The Hall–Kier alpha value is -1.63. The molecular formula is C12H10FN3O2S3. The van der Waals surface area contributed by atoms with E-state index in [1.165, 1.54) is 30.0 Å². The van der Waals surface area contributed by atoms with E-state index in [0.717, 1.165) is 21.6 Å². The molecule has 1 aromatic heterocycles. The van der Waals surface area contributed by atoms with E-state index in [0.29, 0.717) is 5.69 Å². The first-order chi connectivity index (χ1) is 9.92. The lowest BCUT2D eigenvalue weighted by molar-refractivity contribution is 0.595. The van der Waals surface area contributed by atoms with E-state index in [-0.39, 0.29) is 15.8 Å². The molecule has 0 aliphatic rings. The summed E-state index contributed by atoms with van der Waals surface area (Å²) in [5.41, 5.74) is 0.650. The molecule has 0 unspecified atom stereocenters. The zero-order chi connectivity index (χ0) is 15.5. The lowest BCUT2D eigenvalue weighted by Crippen LogP contribution is -2.12. The van der Waals surface area contributed by atoms with Crippen LogP contribution in [0.4, 0.5) is 9.52 Å². The number of hydrogen-bond acceptors (Lipinski definition) is 6. The third kappa shape index (κ3) is 3.93. The Morgan fingerprint density at radius 1 is 1.52 bits per heavy atom. The lowest BCUT2D eigenvalue weighted by Gasteiger charge is -2.04. The highest BCUT2D eigenvalue weighted by atomic mass is 32.2. The van der Waals surface area contributed by atoms with E-state index in [1.54, 1.807) is 6.92 Å². The van der Waals surface area contributed by atoms with E-state index in [9.17, 15) is 12.8 Å². The summed E-state index contributed by atoms with van der Waals surface area (Å²) in [7, 11) is -3.88. The largest absolute Gasteiger partial charge is 0.263 e. The van der Waals surface area contributed by atoms with E-state index >= 15 is 0 Å². The highest BCUT2D eigenvalue weighted by Gasteiger charge is 2.18. The normalized spacial score (nSPS) is 11.1. The summed E-state index contributed by atoms with van der Waals surface area (Å²) in [6, 6.07) is 6.73. The lowest BCUT2D eigenvalue weighted by atomic mass is 10.4. The van der Waals surface area contributed by atoms with Crippen LogP contribution in [0, 0.1) is 24.1 Å². The number of benzene rings is 1. The number of sulfonamides is 1. The van der Waals surface area contributed by atoms with Gasteiger partial charge in [-0.2, -0.15) is 5.26 Å². The van der Waals surface area contributed by atoms with Crippen LogP contribution in [0.1, 0.15) is 5.69 Å². The number of nitrogens with one attached hydrogen (secondary N) is 1. The van der Waals surface area contributed by atoms with Crippen molar-refractivity contribution in [2.75, 3.05) is 10.5 Å². The molecule has 21 heavy (non-hydrogen) atoms. The highest BCUT2D eigenvalue weighted by Crippen LogP contribution is 2.32. The van der Waals surface area contributed by atoms with Crippen LogP contribution in [0.15, 0.2) is 33.4 Å². The average molecular weight is 343 g/mol. The zero-order valence-electron chi connectivity index (χ0n) is 10.8. The van der Waals surface area contributed by atoms with E-state index < -0.39 is 15.8 Å². The molecule has 110 valence electrons. The van der Waals surface area contributed by atoms with Gasteiger partial charge in [0.1, 0.15) is 5.82 Å². The summed E-state index contributed by atoms with van der Waals surface area (Å²) in [6.45, 7) is 1.73. The van der Waals surface area contributed by atoms with Crippen LogP contribution in [0.25, 0.3) is 0 Å². The Kier molecular flexibility index (Phi) is 4.82. The van der Waals surface area contributed by atoms with Crippen LogP contribution in [-0.2, 0) is 10.0 Å². The van der Waals surface area contributed by atoms with Crippen molar-refractivity contribution >= 4 is 38.3 Å². The molecule has 0 radical (unpaired) electrons. The van der Waals surface area contributed by atoms with Crippen molar-refractivity contribution in [1.29, 1.82) is 5.26 Å². The third-order valence-corrected chi connectivity index (χ3v) is 6.12. The molecular weight excluding hydrogens is 333 g/mol. The van der Waals surface area contributed by atoms with Crippen LogP contribution in [-0.4, -0.2) is 19.2 Å². The number of nitriles is 1. The van der Waals surface area contributed by atoms with Gasteiger partial charge in [0.2, 0.25) is 0 Å². The second kappa shape index (κ2) is 6.43. The van der Waals surface area contributed by atoms with Crippen LogP contribution in [0.3, 0.4) is 0 Å². The number of thiazole rings is 1. The fraction of sp³-hybridized carbons (Fsp3) is 0.167. The van der Waals surface area contributed by atoms with Crippen LogP contribution >= 0.6 is 23.1 Å². The highest BCUT2D eigenvalue weighted by molar-refractivity contribution is 8.01. The van der Waals surface area contributed by atoms with Crippen LogP contribution in [0.5, 0.6) is 0 Å². The molecule has 0 amide bonds. The van der Waals surface area contributed by atoms with Gasteiger partial charge < -0.3 is 0 Å². The fourth-order valence-corrected chi connectivity index (χ4v) is 4.53. The number of hydrogen-bond donors (Lipinski definition) is 1. The molecule has 9 heteroatoms. The standard InChI is InChI=1S/C12H10FN3O2S3/c1-8-11(19-6-5-14)20-12(15-8)16-21(17,18)10-4-2-3-9(13)7-10/h2-4,7H,6H2,1H3,(H,15,16). The number of nitrogens with zero attached hydrogens (tertiary/aromatic N) is 2. The van der Waals surface area contributed by atoms with Crippen molar-refractivity contribution in [3.8, 4) is 6.07 Å². The fourth-order valence-electron chi connectivity index (χ4n) is 1.47. The van der Waals surface area contributed by atoms with Crippen molar-refractivity contribution in [3.05, 3.63) is 35.8 Å². The van der Waals surface area contributed by atoms with E-state index in [2.05, 4.69) is 9.71 Å². The van der Waals surface area contributed by atoms with Gasteiger partial charge in [0.05, 0.1) is 26.6 Å². The van der Waals surface area contributed by atoms with Crippen molar-refractivity contribution < 1.29 is 12.8 Å². The molecule has 1 N–H and O–H groups in total. The minimum atomic E-state index is -3.88. The third-order valence-electron chi connectivity index (χ3n) is 2.35. The summed E-state index contributed by atoms with van der Waals surface area (Å²) >= 11 is 2.43. The van der Waals surface area contributed by atoms with Gasteiger partial charge in [0, 0.05) is 0 Å². The number of thioether (sulfide) groups is 1. The Balaban J connectivity index is 2.23. The molecule has 2 aromatic rings. The Morgan fingerprint density at radius 2 is 2.29 bits per heavy atom. The zero-order valence-corrected chi connectivity index (χ0v) is 13.3. The quantitative estimate of drug-likeness (QED) is 0.844. The topological polar surface area (TPSA) is 82.8 Å². The van der Waals surface area contributed by atoms with E-state index in [1.807, 2.05) is 6.07 Å². The maximum atomic E-state index is 13.1. The molecule has 0 aliphatic carbocycles. The summed E-state index contributed by atoms with van der Waals surface area (Å²) in [5.74, 6) is -0.363. The van der Waals surface area contributed by atoms with Crippen LogP contribution < -0.4 is 4.72 Å². The first-order valence-corrected chi connectivity index (χ1v) is 8.96. The molecule has 0 atom stereocenters. The van der Waals surface area contributed by atoms with Gasteiger partial charge in [-0.25, -0.2) is 17.8 Å². The number of anilines is 1. The molecule has 1 aromatic carbocycles. The number of halogens is 1. The summed E-state index contributed by atoms with van der Waals surface area (Å²) < 4.78 is 40.4. The maximum absolute atomic E-state index is 13.1. The number of rotatable bonds is 5. The molecule has 5 nitrogen and oxygen atoms in total. The predicted molar refractivity (Wildman–Crippen MR) is 80.4 cm³/mol. The smallest absolute Gasteiger partial charge is 0.255 e. The van der Waals surface area contributed by atoms with Crippen molar-refractivity contribution in [2.45, 2.75) is 16.0 Å². The van der Waals surface area contributed by atoms with Crippen molar-refractivity contribution in [3.63, 3.8) is 0 Å². The second-order valence-corrected chi connectivity index (χ2v) is 7.83. The molecule has 0 bridgehead atoms. The van der Waals surface area contributed by atoms with Gasteiger partial charge >= 0.3 is 0 Å². The molecule has 0 fully saturated rings.